The highest BCUT2D eigenvalue weighted by atomic mass is 16.7. The molecule has 4 nitrogen and oxygen atoms in total. The van der Waals surface area contributed by atoms with Crippen LogP contribution >= 0.6 is 0 Å². The Labute approximate surface area is 144 Å². The Morgan fingerprint density at radius 1 is 1.25 bits per heavy atom. The first-order valence-electron chi connectivity index (χ1n) is 9.32. The number of rotatable bonds is 0. The quantitative estimate of drug-likeness (QED) is 0.528. The third kappa shape index (κ3) is 2.20. The van der Waals surface area contributed by atoms with E-state index < -0.39 is 11.9 Å². The van der Waals surface area contributed by atoms with E-state index in [1.807, 2.05) is 6.92 Å². The van der Waals surface area contributed by atoms with Crippen LogP contribution in [0.3, 0.4) is 0 Å². The Morgan fingerprint density at radius 3 is 2.75 bits per heavy atom. The summed E-state index contributed by atoms with van der Waals surface area (Å²) in [5.41, 5.74) is 2.83. The molecule has 4 rings (SSSR count). The van der Waals surface area contributed by atoms with E-state index in [1.165, 1.54) is 5.57 Å². The number of hydrogen-bond acceptors (Lipinski definition) is 4. The predicted molar refractivity (Wildman–Crippen MR) is 91.3 cm³/mol. The van der Waals surface area contributed by atoms with Crippen molar-refractivity contribution in [2.45, 2.75) is 83.4 Å². The lowest BCUT2D eigenvalue weighted by Gasteiger charge is -2.44. The normalized spacial score (nSPS) is 53.6. The van der Waals surface area contributed by atoms with E-state index in [-0.39, 0.29) is 17.1 Å². The third-order valence-corrected chi connectivity index (χ3v) is 7.25. The molecular weight excluding hydrogens is 304 g/mol. The summed E-state index contributed by atoms with van der Waals surface area (Å²) >= 11 is 0. The first-order chi connectivity index (χ1) is 11.2. The van der Waals surface area contributed by atoms with Gasteiger partial charge in [-0.25, -0.2) is 0 Å². The molecule has 0 aromatic rings. The van der Waals surface area contributed by atoms with Crippen LogP contribution in [0.5, 0.6) is 0 Å². The van der Waals surface area contributed by atoms with Gasteiger partial charge in [-0.1, -0.05) is 25.5 Å². The van der Waals surface area contributed by atoms with Gasteiger partial charge in [-0.2, -0.15) is 0 Å². The minimum absolute atomic E-state index is 0.0430. The van der Waals surface area contributed by atoms with E-state index >= 15 is 0 Å². The van der Waals surface area contributed by atoms with E-state index in [1.54, 1.807) is 0 Å². The van der Waals surface area contributed by atoms with Gasteiger partial charge in [0.25, 0.3) is 0 Å². The summed E-state index contributed by atoms with van der Waals surface area (Å²) in [6.45, 7) is 9.15. The van der Waals surface area contributed by atoms with Crippen LogP contribution in [0.2, 0.25) is 0 Å². The van der Waals surface area contributed by atoms with Crippen LogP contribution < -0.4 is 0 Å². The van der Waals surface area contributed by atoms with Gasteiger partial charge in [0.05, 0.1) is 18.3 Å². The van der Waals surface area contributed by atoms with Crippen LogP contribution in [0.1, 0.15) is 59.8 Å². The van der Waals surface area contributed by atoms with Crippen molar-refractivity contribution in [3.63, 3.8) is 0 Å². The van der Waals surface area contributed by atoms with Gasteiger partial charge in [-0.3, -0.25) is 0 Å². The van der Waals surface area contributed by atoms with Crippen molar-refractivity contribution in [3.05, 3.63) is 22.8 Å². The van der Waals surface area contributed by atoms with Gasteiger partial charge in [-0.05, 0) is 62.9 Å². The van der Waals surface area contributed by atoms with E-state index in [0.717, 1.165) is 31.3 Å². The summed E-state index contributed by atoms with van der Waals surface area (Å²) in [5.74, 6) is -1.09. The van der Waals surface area contributed by atoms with Gasteiger partial charge in [0.1, 0.15) is 6.10 Å². The second kappa shape index (κ2) is 5.16. The number of allylic oxidation sites excluding steroid dienone is 2. The van der Waals surface area contributed by atoms with Gasteiger partial charge in [0, 0.05) is 5.57 Å². The Kier molecular flexibility index (Phi) is 3.61. The van der Waals surface area contributed by atoms with E-state index in [0.29, 0.717) is 24.5 Å². The zero-order valence-electron chi connectivity index (χ0n) is 15.3. The SMILES string of the molecule is C/C1=C\CC[C@@]2(C)O[C@@H]2[C@@]2(O)OCC3=C2[C@@H](O)C[C@@H](C)[C@@]3(C)CC1. The van der Waals surface area contributed by atoms with Gasteiger partial charge in [-0.15, -0.1) is 0 Å². The number of hydrogen-bond donors (Lipinski definition) is 2. The third-order valence-electron chi connectivity index (χ3n) is 7.25. The molecule has 2 heterocycles. The first-order valence-corrected chi connectivity index (χ1v) is 9.32. The van der Waals surface area contributed by atoms with E-state index in [2.05, 4.69) is 26.8 Å². The van der Waals surface area contributed by atoms with Crippen LogP contribution in [0.15, 0.2) is 22.8 Å². The van der Waals surface area contributed by atoms with Gasteiger partial charge in [0.15, 0.2) is 0 Å². The maximum absolute atomic E-state index is 11.3. The van der Waals surface area contributed by atoms with Crippen LogP contribution in [0.25, 0.3) is 0 Å². The van der Waals surface area contributed by atoms with Crippen LogP contribution in [0.4, 0.5) is 0 Å². The summed E-state index contributed by atoms with van der Waals surface area (Å²) in [7, 11) is 0. The zero-order chi connectivity index (χ0) is 17.3. The summed E-state index contributed by atoms with van der Waals surface area (Å²) in [6.07, 6.45) is 5.88. The number of fused-ring (bicyclic) bond motifs is 2. The minimum atomic E-state index is -1.46. The monoisotopic (exact) mass is 334 g/mol. The summed E-state index contributed by atoms with van der Waals surface area (Å²) in [5, 5.41) is 22.1. The van der Waals surface area contributed by atoms with Gasteiger partial charge in [0.2, 0.25) is 5.79 Å². The van der Waals surface area contributed by atoms with Crippen LogP contribution in [-0.4, -0.2) is 40.4 Å². The number of ether oxygens (including phenoxy) is 2. The molecule has 0 amide bonds. The molecule has 24 heavy (non-hydrogen) atoms. The average molecular weight is 334 g/mol. The standard InChI is InChI=1S/C20H30O4/c1-12-6-5-8-19(4)17(24-19)20(22)16-14(11-23-20)18(3,9-7-12)13(2)10-15(16)21/h6,13,15,17,21-22H,5,7-11H2,1-4H3/b12-6+/t13-,15+,17+,18-,19-,20+/m1/s1. The molecule has 0 aromatic heterocycles. The molecule has 4 aliphatic rings. The molecule has 6 atom stereocenters. The molecule has 0 unspecified atom stereocenters. The largest absolute Gasteiger partial charge is 0.389 e. The van der Waals surface area contributed by atoms with Crippen molar-refractivity contribution in [1.29, 1.82) is 0 Å². The molecule has 1 saturated heterocycles. The fraction of sp³-hybridized carbons (Fsp3) is 0.800. The van der Waals surface area contributed by atoms with Crippen LogP contribution in [0, 0.1) is 11.3 Å². The second-order valence-corrected chi connectivity index (χ2v) is 8.85. The fourth-order valence-electron chi connectivity index (χ4n) is 5.17. The topological polar surface area (TPSA) is 62.2 Å². The highest BCUT2D eigenvalue weighted by Crippen LogP contribution is 2.59. The van der Waals surface area contributed by atoms with E-state index in [9.17, 15) is 10.2 Å². The predicted octanol–water partition coefficient (Wildman–Crippen LogP) is 3.09. The fourth-order valence-corrected chi connectivity index (χ4v) is 5.17. The van der Waals surface area contributed by atoms with Crippen molar-refractivity contribution >= 4 is 0 Å². The van der Waals surface area contributed by atoms with E-state index in [4.69, 9.17) is 9.47 Å². The zero-order valence-corrected chi connectivity index (χ0v) is 15.3. The molecule has 0 aromatic carbocycles. The Morgan fingerprint density at radius 2 is 2.00 bits per heavy atom. The number of aliphatic hydroxyl groups is 2. The molecular formula is C20H30O4. The molecule has 0 saturated carbocycles. The first kappa shape index (κ1) is 16.8. The lowest BCUT2D eigenvalue weighted by Crippen LogP contribution is -2.47. The van der Waals surface area contributed by atoms with Crippen molar-refractivity contribution in [2.24, 2.45) is 11.3 Å². The van der Waals surface area contributed by atoms with Crippen molar-refractivity contribution in [3.8, 4) is 0 Å². The molecule has 1 fully saturated rings. The number of epoxide rings is 1. The summed E-state index contributed by atoms with van der Waals surface area (Å²) in [6, 6.07) is 0. The smallest absolute Gasteiger partial charge is 0.221 e. The lowest BCUT2D eigenvalue weighted by molar-refractivity contribution is -0.175. The van der Waals surface area contributed by atoms with Gasteiger partial charge >= 0.3 is 0 Å². The van der Waals surface area contributed by atoms with Crippen LogP contribution in [-0.2, 0) is 9.47 Å². The Hall–Kier alpha value is -0.680. The molecule has 0 radical (unpaired) electrons. The highest BCUT2D eigenvalue weighted by Gasteiger charge is 2.68. The molecule has 2 aliphatic carbocycles. The number of aliphatic hydroxyl groups excluding tert-OH is 1. The maximum Gasteiger partial charge on any atom is 0.221 e. The second-order valence-electron chi connectivity index (χ2n) is 8.85. The molecule has 134 valence electrons. The minimum Gasteiger partial charge on any atom is -0.389 e. The maximum atomic E-state index is 11.3. The Bertz CT molecular complexity index is 623. The Balaban J connectivity index is 1.82. The van der Waals surface area contributed by atoms with Crippen molar-refractivity contribution < 1.29 is 19.7 Å². The lowest BCUT2D eigenvalue weighted by atomic mass is 9.61. The highest BCUT2D eigenvalue weighted by molar-refractivity contribution is 5.41. The summed E-state index contributed by atoms with van der Waals surface area (Å²) < 4.78 is 11.9. The average Bonchev–Trinajstić information content (AvgIpc) is 3.05. The molecule has 2 aliphatic heterocycles. The van der Waals surface area contributed by atoms with Crippen molar-refractivity contribution in [1.82, 2.24) is 0 Å². The molecule has 0 spiro atoms. The molecule has 4 bridgehead atoms. The van der Waals surface area contributed by atoms with Gasteiger partial charge < -0.3 is 19.7 Å². The molecule has 4 heteroatoms. The summed E-state index contributed by atoms with van der Waals surface area (Å²) in [4.78, 5) is 0. The molecule has 2 N–H and O–H groups in total. The van der Waals surface area contributed by atoms with Crippen molar-refractivity contribution in [2.75, 3.05) is 6.61 Å².